The maximum absolute atomic E-state index is 14.0. The van der Waals surface area contributed by atoms with Gasteiger partial charge in [0.15, 0.2) is 0 Å². The first-order valence-electron chi connectivity index (χ1n) is 10.2. The van der Waals surface area contributed by atoms with Crippen molar-refractivity contribution in [3.05, 3.63) is 77.7 Å². The second-order valence-electron chi connectivity index (χ2n) is 8.83. The molecule has 2 aromatic carbocycles. The third-order valence-corrected chi connectivity index (χ3v) is 5.62. The van der Waals surface area contributed by atoms with Crippen LogP contribution in [0.2, 0.25) is 0 Å². The molecule has 0 bridgehead atoms. The van der Waals surface area contributed by atoms with Gasteiger partial charge in [0, 0.05) is 17.6 Å². The van der Waals surface area contributed by atoms with Gasteiger partial charge in [-0.2, -0.15) is 0 Å². The van der Waals surface area contributed by atoms with E-state index in [0.29, 0.717) is 16.9 Å². The Morgan fingerprint density at radius 1 is 1.19 bits per heavy atom. The lowest BCUT2D eigenvalue weighted by molar-refractivity contribution is 0.00284. The zero-order valence-corrected chi connectivity index (χ0v) is 18.2. The summed E-state index contributed by atoms with van der Waals surface area (Å²) in [4.78, 5) is 4.48. The number of aliphatic hydroxyl groups is 1. The fourth-order valence-corrected chi connectivity index (χ4v) is 4.15. The molecule has 1 heterocycles. The number of aryl methyl sites for hydroxylation is 1. The van der Waals surface area contributed by atoms with Crippen LogP contribution in [0.3, 0.4) is 0 Å². The lowest BCUT2D eigenvalue weighted by Gasteiger charge is -2.36. The number of hydrogen-bond acceptors (Lipinski definition) is 4. The number of fused-ring (bicyclic) bond motifs is 1. The number of halogens is 2. The predicted molar refractivity (Wildman–Crippen MR) is 123 cm³/mol. The summed E-state index contributed by atoms with van der Waals surface area (Å²) in [5, 5.41) is 15.1. The van der Waals surface area contributed by atoms with Gasteiger partial charge >= 0.3 is 0 Å². The number of aromatic nitrogens is 1. The molecule has 6 heteroatoms. The van der Waals surface area contributed by atoms with Crippen LogP contribution >= 0.6 is 0 Å². The Morgan fingerprint density at radius 3 is 2.61 bits per heavy atom. The summed E-state index contributed by atoms with van der Waals surface area (Å²) in [6, 6.07) is 13.7. The molecular weight excluding hydrogens is 396 g/mol. The third-order valence-electron chi connectivity index (χ3n) is 5.62. The van der Waals surface area contributed by atoms with Gasteiger partial charge in [-0.05, 0) is 66.3 Å². The molecule has 0 saturated carbocycles. The second-order valence-corrected chi connectivity index (χ2v) is 8.83. The molecule has 0 spiro atoms. The Bertz CT molecular complexity index is 1110. The van der Waals surface area contributed by atoms with Gasteiger partial charge in [-0.15, -0.1) is 0 Å². The van der Waals surface area contributed by atoms with Crippen LogP contribution in [0.25, 0.3) is 16.6 Å². The van der Waals surface area contributed by atoms with Crippen LogP contribution < -0.4 is 11.1 Å². The quantitative estimate of drug-likeness (QED) is 0.470. The Balaban J connectivity index is 1.83. The molecule has 31 heavy (non-hydrogen) atoms. The van der Waals surface area contributed by atoms with Crippen LogP contribution in [0.5, 0.6) is 0 Å². The van der Waals surface area contributed by atoms with Gasteiger partial charge in [-0.25, -0.2) is 13.8 Å². The van der Waals surface area contributed by atoms with Crippen molar-refractivity contribution in [1.82, 2.24) is 4.98 Å². The molecule has 4 N–H and O–H groups in total. The lowest BCUT2D eigenvalue weighted by Crippen LogP contribution is -2.44. The van der Waals surface area contributed by atoms with E-state index in [0.717, 1.165) is 22.2 Å². The molecule has 0 aliphatic carbocycles. The van der Waals surface area contributed by atoms with E-state index in [4.69, 9.17) is 5.73 Å². The van der Waals surface area contributed by atoms with Gasteiger partial charge in [0.1, 0.15) is 18.1 Å². The molecule has 3 aromatic rings. The van der Waals surface area contributed by atoms with E-state index >= 15 is 0 Å². The van der Waals surface area contributed by atoms with Gasteiger partial charge in [-0.3, -0.25) is 0 Å². The zero-order valence-electron chi connectivity index (χ0n) is 18.2. The van der Waals surface area contributed by atoms with Crippen molar-refractivity contribution in [2.24, 2.45) is 5.73 Å². The smallest absolute Gasteiger partial charge is 0.123 e. The highest BCUT2D eigenvalue weighted by Gasteiger charge is 2.36. The number of rotatable bonds is 8. The van der Waals surface area contributed by atoms with Crippen LogP contribution in [-0.4, -0.2) is 28.9 Å². The van der Waals surface area contributed by atoms with Crippen LogP contribution in [0.15, 0.2) is 55.1 Å². The highest BCUT2D eigenvalue weighted by molar-refractivity contribution is 5.92. The second kappa shape index (κ2) is 8.63. The van der Waals surface area contributed by atoms with E-state index in [1.807, 2.05) is 45.0 Å². The Morgan fingerprint density at radius 2 is 1.94 bits per heavy atom. The molecular formula is C25H29F2N3O. The van der Waals surface area contributed by atoms with Gasteiger partial charge < -0.3 is 16.2 Å². The molecule has 1 unspecified atom stereocenters. The molecule has 0 fully saturated rings. The predicted octanol–water partition coefficient (Wildman–Crippen LogP) is 5.09. The van der Waals surface area contributed by atoms with Gasteiger partial charge in [0.2, 0.25) is 0 Å². The van der Waals surface area contributed by atoms with Crippen LogP contribution in [-0.2, 0) is 5.41 Å². The number of benzene rings is 2. The van der Waals surface area contributed by atoms with Crippen molar-refractivity contribution >= 4 is 22.3 Å². The molecule has 0 aliphatic rings. The SMILES string of the molecule is C=C(N)c1ccc2c(NCC(O)(CF)CC(C)(C)c3cc(F)ccc3C)cccc2n1. The van der Waals surface area contributed by atoms with Crippen LogP contribution in [0.1, 0.15) is 37.1 Å². The standard InChI is InChI=1S/C25H29F2N3O/c1-16-8-9-18(27)12-20(16)24(3,4)13-25(31,14-26)15-29-22-6-5-7-23-19(22)10-11-21(30-23)17(2)28/h5-12,29,31H,2,13-15,28H2,1,3-4H3. The minimum atomic E-state index is -1.64. The summed E-state index contributed by atoms with van der Waals surface area (Å²) in [6.07, 6.45) is 0.119. The van der Waals surface area contributed by atoms with E-state index in [9.17, 15) is 13.9 Å². The number of nitrogens with one attached hydrogen (secondary N) is 1. The van der Waals surface area contributed by atoms with Gasteiger partial charge in [0.05, 0.1) is 16.9 Å². The maximum atomic E-state index is 14.0. The van der Waals surface area contributed by atoms with Crippen LogP contribution in [0, 0.1) is 12.7 Å². The average Bonchev–Trinajstić information content (AvgIpc) is 2.73. The van der Waals surface area contributed by atoms with Crippen LogP contribution in [0.4, 0.5) is 14.5 Å². The number of nitrogens with two attached hydrogens (primary N) is 1. The lowest BCUT2D eigenvalue weighted by atomic mass is 9.74. The van der Waals surface area contributed by atoms with E-state index in [-0.39, 0.29) is 18.8 Å². The summed E-state index contributed by atoms with van der Waals surface area (Å²) in [5.74, 6) is -0.349. The first kappa shape index (κ1) is 22.7. The number of anilines is 1. The molecule has 0 amide bonds. The van der Waals surface area contributed by atoms with Gasteiger partial charge in [-0.1, -0.05) is 32.6 Å². The summed E-state index contributed by atoms with van der Waals surface area (Å²) in [7, 11) is 0. The van der Waals surface area contributed by atoms with E-state index in [2.05, 4.69) is 16.9 Å². The minimum Gasteiger partial charge on any atom is -0.397 e. The van der Waals surface area contributed by atoms with Crippen molar-refractivity contribution in [3.63, 3.8) is 0 Å². The molecule has 1 aromatic heterocycles. The maximum Gasteiger partial charge on any atom is 0.123 e. The van der Waals surface area contributed by atoms with Crippen molar-refractivity contribution in [1.29, 1.82) is 0 Å². The first-order valence-corrected chi connectivity index (χ1v) is 10.2. The molecule has 0 aliphatic heterocycles. The zero-order chi connectivity index (χ0) is 22.8. The summed E-state index contributed by atoms with van der Waals surface area (Å²) >= 11 is 0. The van der Waals surface area contributed by atoms with Gasteiger partial charge in [0.25, 0.3) is 0 Å². The first-order chi connectivity index (χ1) is 14.5. The largest absolute Gasteiger partial charge is 0.397 e. The third kappa shape index (κ3) is 5.02. The monoisotopic (exact) mass is 425 g/mol. The molecule has 164 valence electrons. The number of hydrogen-bond donors (Lipinski definition) is 3. The highest BCUT2D eigenvalue weighted by atomic mass is 19.1. The number of pyridine rings is 1. The summed E-state index contributed by atoms with van der Waals surface area (Å²) < 4.78 is 27.8. The number of alkyl halides is 1. The van der Waals surface area contributed by atoms with E-state index in [1.54, 1.807) is 12.1 Å². The Labute approximate surface area is 181 Å². The van der Waals surface area contributed by atoms with Crippen molar-refractivity contribution in [2.75, 3.05) is 18.5 Å². The molecule has 0 saturated heterocycles. The van der Waals surface area contributed by atoms with Crippen molar-refractivity contribution in [2.45, 2.75) is 38.2 Å². The molecule has 1 atom stereocenters. The highest BCUT2D eigenvalue weighted by Crippen LogP contribution is 2.35. The fourth-order valence-electron chi connectivity index (χ4n) is 4.15. The molecule has 0 radical (unpaired) electrons. The normalized spacial score (nSPS) is 13.7. The average molecular weight is 426 g/mol. The fraction of sp³-hybridized carbons (Fsp3) is 0.320. The summed E-state index contributed by atoms with van der Waals surface area (Å²) in [6.45, 7) is 8.43. The Hall–Kier alpha value is -2.99. The summed E-state index contributed by atoms with van der Waals surface area (Å²) in [5.41, 5.74) is 7.53. The number of nitrogens with zero attached hydrogens (tertiary/aromatic N) is 1. The molecule has 4 nitrogen and oxygen atoms in total. The Kier molecular flexibility index (Phi) is 6.32. The molecule has 3 rings (SSSR count). The van der Waals surface area contributed by atoms with E-state index < -0.39 is 17.7 Å². The topological polar surface area (TPSA) is 71.2 Å². The van der Waals surface area contributed by atoms with Crippen molar-refractivity contribution < 1.29 is 13.9 Å². The minimum absolute atomic E-state index is 0.00818. The van der Waals surface area contributed by atoms with E-state index in [1.165, 1.54) is 12.1 Å². The van der Waals surface area contributed by atoms with Crippen molar-refractivity contribution in [3.8, 4) is 0 Å².